The summed E-state index contributed by atoms with van der Waals surface area (Å²) in [4.78, 5) is 23.2. The maximum Gasteiger partial charge on any atom is 0.305 e. The Balaban J connectivity index is 3.02. The van der Waals surface area contributed by atoms with Crippen molar-refractivity contribution in [3.05, 3.63) is 23.8 Å². The fourth-order valence-electron chi connectivity index (χ4n) is 2.14. The largest absolute Gasteiger partial charge is 0.493 e. The lowest BCUT2D eigenvalue weighted by molar-refractivity contribution is -0.138. The minimum Gasteiger partial charge on any atom is -0.493 e. The molecule has 2 unspecified atom stereocenters. The van der Waals surface area contributed by atoms with E-state index in [1.807, 2.05) is 0 Å². The number of aliphatic carboxylic acids is 1. The first-order valence-corrected chi connectivity index (χ1v) is 7.15. The standard InChI is InChI=1S/C16H23NO6/c1-10(9-21-2)16(20)17-12(8-15(18)19)11-5-6-13(22-3)14(7-11)23-4/h5-7,10,12H,8-9H2,1-4H3,(H,17,20)(H,18,19). The van der Waals surface area contributed by atoms with Crippen molar-refractivity contribution >= 4 is 11.9 Å². The summed E-state index contributed by atoms with van der Waals surface area (Å²) in [7, 11) is 4.51. The smallest absolute Gasteiger partial charge is 0.305 e. The van der Waals surface area contributed by atoms with Gasteiger partial charge in [0.25, 0.3) is 0 Å². The van der Waals surface area contributed by atoms with Crippen molar-refractivity contribution in [2.45, 2.75) is 19.4 Å². The SMILES string of the molecule is COCC(C)C(=O)NC(CC(=O)O)c1ccc(OC)c(OC)c1. The Hall–Kier alpha value is -2.28. The minimum absolute atomic E-state index is 0.235. The number of carbonyl (C=O) groups is 2. The number of carbonyl (C=O) groups excluding carboxylic acids is 1. The van der Waals surface area contributed by atoms with Crippen molar-refractivity contribution in [2.24, 2.45) is 5.92 Å². The molecule has 0 spiro atoms. The Morgan fingerprint density at radius 1 is 1.17 bits per heavy atom. The van der Waals surface area contributed by atoms with Crippen molar-refractivity contribution in [1.82, 2.24) is 5.32 Å². The van der Waals surface area contributed by atoms with Gasteiger partial charge in [-0.3, -0.25) is 9.59 Å². The van der Waals surface area contributed by atoms with Crippen LogP contribution in [0, 0.1) is 5.92 Å². The van der Waals surface area contributed by atoms with Crippen molar-refractivity contribution in [2.75, 3.05) is 27.9 Å². The molecule has 1 amide bonds. The third-order valence-corrected chi connectivity index (χ3v) is 3.37. The maximum absolute atomic E-state index is 12.1. The number of rotatable bonds is 9. The van der Waals surface area contributed by atoms with Gasteiger partial charge in [0.15, 0.2) is 11.5 Å². The predicted octanol–water partition coefficient (Wildman–Crippen LogP) is 1.62. The van der Waals surface area contributed by atoms with Gasteiger partial charge in [-0.05, 0) is 17.7 Å². The van der Waals surface area contributed by atoms with Crippen LogP contribution in [0.3, 0.4) is 0 Å². The lowest BCUT2D eigenvalue weighted by Gasteiger charge is -2.21. The Labute approximate surface area is 135 Å². The summed E-state index contributed by atoms with van der Waals surface area (Å²) < 4.78 is 15.3. The fourth-order valence-corrected chi connectivity index (χ4v) is 2.14. The molecule has 7 nitrogen and oxygen atoms in total. The summed E-state index contributed by atoms with van der Waals surface area (Å²) in [6.45, 7) is 1.98. The molecule has 0 saturated carbocycles. The van der Waals surface area contributed by atoms with Crippen LogP contribution in [0.2, 0.25) is 0 Å². The van der Waals surface area contributed by atoms with Gasteiger partial charge in [-0.2, -0.15) is 0 Å². The first-order valence-electron chi connectivity index (χ1n) is 7.15. The number of benzene rings is 1. The van der Waals surface area contributed by atoms with Gasteiger partial charge in [0.1, 0.15) is 0 Å². The molecular formula is C16H23NO6. The molecule has 0 aromatic heterocycles. The van der Waals surface area contributed by atoms with Crippen LogP contribution in [0.1, 0.15) is 24.9 Å². The number of carboxylic acid groups (broad SMARTS) is 1. The molecular weight excluding hydrogens is 302 g/mol. The molecule has 0 aliphatic carbocycles. The van der Waals surface area contributed by atoms with Crippen LogP contribution in [-0.2, 0) is 14.3 Å². The third kappa shape index (κ3) is 5.45. The van der Waals surface area contributed by atoms with Crippen LogP contribution in [-0.4, -0.2) is 44.9 Å². The quantitative estimate of drug-likeness (QED) is 0.716. The molecule has 1 rings (SSSR count). The first-order chi connectivity index (χ1) is 10.9. The lowest BCUT2D eigenvalue weighted by Crippen LogP contribution is -2.35. The summed E-state index contributed by atoms with van der Waals surface area (Å²) in [6.07, 6.45) is -0.235. The fraction of sp³-hybridized carbons (Fsp3) is 0.500. The number of methoxy groups -OCH3 is 3. The normalized spacial score (nSPS) is 13.0. The summed E-state index contributed by atoms with van der Waals surface area (Å²) in [5, 5.41) is 11.8. The molecule has 2 atom stereocenters. The molecule has 0 saturated heterocycles. The summed E-state index contributed by atoms with van der Waals surface area (Å²) >= 11 is 0. The van der Waals surface area contributed by atoms with Gasteiger partial charge in [0.2, 0.25) is 5.91 Å². The van der Waals surface area contributed by atoms with Gasteiger partial charge in [-0.1, -0.05) is 13.0 Å². The zero-order valence-electron chi connectivity index (χ0n) is 13.8. The molecule has 0 bridgehead atoms. The van der Waals surface area contributed by atoms with Crippen molar-refractivity contribution < 1.29 is 28.9 Å². The Morgan fingerprint density at radius 2 is 1.83 bits per heavy atom. The van der Waals surface area contributed by atoms with E-state index in [2.05, 4.69) is 5.32 Å². The average Bonchev–Trinajstić information content (AvgIpc) is 2.53. The van der Waals surface area contributed by atoms with Crippen LogP contribution in [0.15, 0.2) is 18.2 Å². The number of hydrogen-bond acceptors (Lipinski definition) is 5. The van der Waals surface area contributed by atoms with Crippen LogP contribution < -0.4 is 14.8 Å². The zero-order valence-corrected chi connectivity index (χ0v) is 13.8. The van der Waals surface area contributed by atoms with Gasteiger partial charge in [0, 0.05) is 7.11 Å². The average molecular weight is 325 g/mol. The molecule has 7 heteroatoms. The topological polar surface area (TPSA) is 94.1 Å². The molecule has 0 aliphatic heterocycles. The van der Waals surface area contributed by atoms with Gasteiger partial charge >= 0.3 is 5.97 Å². The molecule has 23 heavy (non-hydrogen) atoms. The number of carboxylic acids is 1. The van der Waals surface area contributed by atoms with Crippen molar-refractivity contribution in [3.63, 3.8) is 0 Å². The van der Waals surface area contributed by atoms with E-state index in [0.717, 1.165) is 0 Å². The Kier molecular flexibility index (Phi) is 7.34. The van der Waals surface area contributed by atoms with E-state index in [1.54, 1.807) is 25.1 Å². The second-order valence-electron chi connectivity index (χ2n) is 5.13. The Morgan fingerprint density at radius 3 is 2.35 bits per heavy atom. The Bertz CT molecular complexity index is 545. The maximum atomic E-state index is 12.1. The molecule has 0 radical (unpaired) electrons. The van der Waals surface area contributed by atoms with E-state index in [-0.39, 0.29) is 24.9 Å². The van der Waals surface area contributed by atoms with Crippen LogP contribution in [0.25, 0.3) is 0 Å². The van der Waals surface area contributed by atoms with Crippen LogP contribution >= 0.6 is 0 Å². The molecule has 1 aromatic rings. The molecule has 0 heterocycles. The van der Waals surface area contributed by atoms with E-state index in [4.69, 9.17) is 19.3 Å². The first kappa shape index (κ1) is 18.8. The number of hydrogen-bond donors (Lipinski definition) is 2. The highest BCUT2D eigenvalue weighted by Crippen LogP contribution is 2.31. The third-order valence-electron chi connectivity index (χ3n) is 3.37. The number of nitrogens with one attached hydrogen (secondary N) is 1. The van der Waals surface area contributed by atoms with E-state index in [0.29, 0.717) is 17.1 Å². The summed E-state index contributed by atoms with van der Waals surface area (Å²) in [5.41, 5.74) is 0.628. The van der Waals surface area contributed by atoms with Crippen LogP contribution in [0.5, 0.6) is 11.5 Å². The van der Waals surface area contributed by atoms with Gasteiger partial charge in [-0.25, -0.2) is 0 Å². The predicted molar refractivity (Wildman–Crippen MR) is 83.7 cm³/mol. The molecule has 1 aromatic carbocycles. The van der Waals surface area contributed by atoms with E-state index in [1.165, 1.54) is 21.3 Å². The van der Waals surface area contributed by atoms with E-state index in [9.17, 15) is 9.59 Å². The zero-order chi connectivity index (χ0) is 17.4. The summed E-state index contributed by atoms with van der Waals surface area (Å²) in [5.74, 6) is -0.655. The molecule has 128 valence electrons. The number of amides is 1. The highest BCUT2D eigenvalue weighted by molar-refractivity contribution is 5.80. The monoisotopic (exact) mass is 325 g/mol. The second kappa shape index (κ2) is 8.99. The van der Waals surface area contributed by atoms with Gasteiger partial charge in [0.05, 0.1) is 39.2 Å². The number of ether oxygens (including phenoxy) is 3. The molecule has 0 aliphatic rings. The van der Waals surface area contributed by atoms with Gasteiger partial charge < -0.3 is 24.6 Å². The lowest BCUT2D eigenvalue weighted by atomic mass is 10.0. The molecule has 0 fully saturated rings. The second-order valence-corrected chi connectivity index (χ2v) is 5.13. The van der Waals surface area contributed by atoms with Crippen molar-refractivity contribution in [1.29, 1.82) is 0 Å². The highest BCUT2D eigenvalue weighted by Gasteiger charge is 2.22. The van der Waals surface area contributed by atoms with Crippen LogP contribution in [0.4, 0.5) is 0 Å². The molecule has 2 N–H and O–H groups in total. The highest BCUT2D eigenvalue weighted by atomic mass is 16.5. The van der Waals surface area contributed by atoms with Gasteiger partial charge in [-0.15, -0.1) is 0 Å². The summed E-state index contributed by atoms with van der Waals surface area (Å²) in [6, 6.07) is 4.37. The van der Waals surface area contributed by atoms with E-state index < -0.39 is 12.0 Å². The minimum atomic E-state index is -1.01. The van der Waals surface area contributed by atoms with E-state index >= 15 is 0 Å². The van der Waals surface area contributed by atoms with Crippen molar-refractivity contribution in [3.8, 4) is 11.5 Å².